The monoisotopic (exact) mass is 703 g/mol. The molecule has 0 saturated heterocycles. The SMILES string of the molecule is Cc1cccc(-c2ccc(N(c3ccc4c(c3)C(C)(C)c3ccccc3-4)c3ccc4c(c3)C3(c5ccccc5-c5ccccc53)c3ccccc3-4)cc2C)c1. The van der Waals surface area contributed by atoms with E-state index in [2.05, 4.69) is 209 Å². The molecule has 0 heterocycles. The maximum Gasteiger partial charge on any atom is 0.0726 e. The molecule has 1 spiro atoms. The van der Waals surface area contributed by atoms with Gasteiger partial charge in [-0.05, 0) is 134 Å². The van der Waals surface area contributed by atoms with Crippen molar-refractivity contribution in [3.05, 3.63) is 220 Å². The highest BCUT2D eigenvalue weighted by atomic mass is 15.1. The molecule has 0 aromatic heterocycles. The summed E-state index contributed by atoms with van der Waals surface area (Å²) in [5, 5.41) is 0. The number of hydrogen-bond acceptors (Lipinski definition) is 1. The first-order valence-corrected chi connectivity index (χ1v) is 19.5. The molecule has 3 aliphatic rings. The maximum atomic E-state index is 2.51. The lowest BCUT2D eigenvalue weighted by Gasteiger charge is -2.32. The number of rotatable bonds is 4. The third-order valence-corrected chi connectivity index (χ3v) is 12.9. The molecule has 8 aromatic carbocycles. The molecule has 0 unspecified atom stereocenters. The molecule has 8 aromatic rings. The summed E-state index contributed by atoms with van der Waals surface area (Å²) < 4.78 is 0. The van der Waals surface area contributed by atoms with Gasteiger partial charge in [0.25, 0.3) is 0 Å². The van der Waals surface area contributed by atoms with Crippen molar-refractivity contribution in [2.45, 2.75) is 38.5 Å². The Labute approximate surface area is 324 Å². The second-order valence-corrected chi connectivity index (χ2v) is 16.2. The highest BCUT2D eigenvalue weighted by molar-refractivity contribution is 5.96. The van der Waals surface area contributed by atoms with Gasteiger partial charge in [-0.1, -0.05) is 159 Å². The molecule has 0 saturated carbocycles. The van der Waals surface area contributed by atoms with Gasteiger partial charge >= 0.3 is 0 Å². The second-order valence-electron chi connectivity index (χ2n) is 16.2. The Morgan fingerprint density at radius 3 is 1.33 bits per heavy atom. The van der Waals surface area contributed by atoms with E-state index in [0.717, 1.165) is 11.4 Å². The third kappa shape index (κ3) is 4.36. The Hall–Kier alpha value is -6.44. The zero-order valence-electron chi connectivity index (χ0n) is 31.7. The molecule has 1 nitrogen and oxygen atoms in total. The average Bonchev–Trinajstić information content (AvgIpc) is 3.77. The summed E-state index contributed by atoms with van der Waals surface area (Å²) in [6.45, 7) is 9.17. The molecule has 0 atom stereocenters. The lowest BCUT2D eigenvalue weighted by Crippen LogP contribution is -2.26. The summed E-state index contributed by atoms with van der Waals surface area (Å²) in [7, 11) is 0. The number of benzene rings is 8. The fourth-order valence-electron chi connectivity index (χ4n) is 10.4. The maximum absolute atomic E-state index is 2.51. The van der Waals surface area contributed by atoms with Gasteiger partial charge in [0.05, 0.1) is 5.41 Å². The molecule has 0 fully saturated rings. The zero-order chi connectivity index (χ0) is 37.1. The van der Waals surface area contributed by atoms with E-state index in [9.17, 15) is 0 Å². The standard InChI is InChI=1S/C54H41N/c1-34-14-13-15-36(30-34)40-27-24-37(31-35(40)2)55(38-25-28-45-41-16-5-9-20-47(41)53(3,4)51(45)32-38)39-26-29-46-44-19-8-12-23-50(44)54(52(46)33-39)48-21-10-6-17-42(48)43-18-7-11-22-49(43)54/h5-33H,1-4H3. The predicted molar refractivity (Wildman–Crippen MR) is 230 cm³/mol. The number of hydrogen-bond donors (Lipinski definition) is 0. The molecule has 55 heavy (non-hydrogen) atoms. The molecular weight excluding hydrogens is 663 g/mol. The minimum atomic E-state index is -0.409. The molecule has 0 N–H and O–H groups in total. The molecule has 0 amide bonds. The number of aryl methyl sites for hydroxylation is 2. The first-order valence-electron chi connectivity index (χ1n) is 19.5. The molecule has 0 aliphatic heterocycles. The Morgan fingerprint density at radius 1 is 0.345 bits per heavy atom. The smallest absolute Gasteiger partial charge is 0.0726 e. The van der Waals surface area contributed by atoms with Crippen molar-refractivity contribution in [1.82, 2.24) is 0 Å². The largest absolute Gasteiger partial charge is 0.310 e. The van der Waals surface area contributed by atoms with E-state index >= 15 is 0 Å². The van der Waals surface area contributed by atoms with E-state index in [1.807, 2.05) is 0 Å². The number of nitrogens with zero attached hydrogens (tertiary/aromatic N) is 1. The van der Waals surface area contributed by atoms with Crippen molar-refractivity contribution in [2.75, 3.05) is 4.90 Å². The molecule has 1 heteroatoms. The van der Waals surface area contributed by atoms with Crippen molar-refractivity contribution < 1.29 is 0 Å². The minimum Gasteiger partial charge on any atom is -0.310 e. The molecule has 3 aliphatic carbocycles. The first kappa shape index (κ1) is 32.0. The van der Waals surface area contributed by atoms with E-state index < -0.39 is 5.41 Å². The Kier molecular flexibility index (Phi) is 6.72. The van der Waals surface area contributed by atoms with E-state index in [1.54, 1.807) is 0 Å². The van der Waals surface area contributed by atoms with Gasteiger partial charge in [0.1, 0.15) is 0 Å². The second kappa shape index (κ2) is 11.5. The van der Waals surface area contributed by atoms with Crippen LogP contribution in [-0.2, 0) is 10.8 Å². The minimum absolute atomic E-state index is 0.112. The van der Waals surface area contributed by atoms with Crippen LogP contribution in [0.25, 0.3) is 44.5 Å². The first-order chi connectivity index (χ1) is 26.9. The van der Waals surface area contributed by atoms with Gasteiger partial charge in [0.15, 0.2) is 0 Å². The Morgan fingerprint density at radius 2 is 0.782 bits per heavy atom. The van der Waals surface area contributed by atoms with E-state index in [0.29, 0.717) is 0 Å². The highest BCUT2D eigenvalue weighted by Gasteiger charge is 2.51. The zero-order valence-corrected chi connectivity index (χ0v) is 31.7. The number of anilines is 3. The van der Waals surface area contributed by atoms with Crippen LogP contribution in [0.5, 0.6) is 0 Å². The van der Waals surface area contributed by atoms with Crippen LogP contribution in [0, 0.1) is 13.8 Å². The predicted octanol–water partition coefficient (Wildman–Crippen LogP) is 14.1. The number of fused-ring (bicyclic) bond motifs is 13. The van der Waals surface area contributed by atoms with Crippen molar-refractivity contribution in [2.24, 2.45) is 0 Å². The summed E-state index contributed by atoms with van der Waals surface area (Å²) in [6, 6.07) is 66.4. The van der Waals surface area contributed by atoms with Crippen LogP contribution in [0.1, 0.15) is 58.4 Å². The molecule has 0 radical (unpaired) electrons. The Bertz CT molecular complexity index is 2820. The van der Waals surface area contributed by atoms with Gasteiger partial charge in [-0.3, -0.25) is 0 Å². The van der Waals surface area contributed by atoms with Crippen LogP contribution in [-0.4, -0.2) is 0 Å². The van der Waals surface area contributed by atoms with Crippen LogP contribution in [0.3, 0.4) is 0 Å². The van der Waals surface area contributed by atoms with E-state index in [-0.39, 0.29) is 5.41 Å². The van der Waals surface area contributed by atoms with E-state index in [4.69, 9.17) is 0 Å². The van der Waals surface area contributed by atoms with E-state index in [1.165, 1.54) is 94.7 Å². The molecule has 0 bridgehead atoms. The van der Waals surface area contributed by atoms with Crippen molar-refractivity contribution in [3.63, 3.8) is 0 Å². The summed E-state index contributed by atoms with van der Waals surface area (Å²) in [4.78, 5) is 2.50. The Balaban J connectivity index is 1.16. The van der Waals surface area contributed by atoms with Crippen LogP contribution in [0.4, 0.5) is 17.1 Å². The quantitative estimate of drug-likeness (QED) is 0.176. The normalized spacial score (nSPS) is 14.5. The van der Waals surface area contributed by atoms with Crippen LogP contribution < -0.4 is 4.90 Å². The summed E-state index contributed by atoms with van der Waals surface area (Å²) in [5.74, 6) is 0. The van der Waals surface area contributed by atoms with Gasteiger partial charge in [0, 0.05) is 22.5 Å². The lowest BCUT2D eigenvalue weighted by molar-refractivity contribution is 0.660. The van der Waals surface area contributed by atoms with Crippen molar-refractivity contribution in [1.29, 1.82) is 0 Å². The topological polar surface area (TPSA) is 3.24 Å². The lowest BCUT2D eigenvalue weighted by atomic mass is 9.70. The van der Waals surface area contributed by atoms with Crippen LogP contribution in [0.2, 0.25) is 0 Å². The van der Waals surface area contributed by atoms with Crippen LogP contribution >= 0.6 is 0 Å². The molecule has 11 rings (SSSR count). The van der Waals surface area contributed by atoms with Crippen molar-refractivity contribution in [3.8, 4) is 44.5 Å². The summed E-state index contributed by atoms with van der Waals surface area (Å²) >= 11 is 0. The van der Waals surface area contributed by atoms with Gasteiger partial charge in [0.2, 0.25) is 0 Å². The van der Waals surface area contributed by atoms with Gasteiger partial charge in [-0.25, -0.2) is 0 Å². The third-order valence-electron chi connectivity index (χ3n) is 12.9. The molecular formula is C54H41N. The molecule has 262 valence electrons. The average molecular weight is 704 g/mol. The summed E-state index contributed by atoms with van der Waals surface area (Å²) in [5.41, 5.74) is 24.1. The highest BCUT2D eigenvalue weighted by Crippen LogP contribution is 2.63. The van der Waals surface area contributed by atoms with Gasteiger partial charge in [-0.15, -0.1) is 0 Å². The van der Waals surface area contributed by atoms with Gasteiger partial charge < -0.3 is 4.90 Å². The van der Waals surface area contributed by atoms with Crippen molar-refractivity contribution >= 4 is 17.1 Å². The summed E-state index contributed by atoms with van der Waals surface area (Å²) in [6.07, 6.45) is 0. The van der Waals surface area contributed by atoms with Crippen LogP contribution in [0.15, 0.2) is 176 Å². The van der Waals surface area contributed by atoms with Gasteiger partial charge in [-0.2, -0.15) is 0 Å². The fraction of sp³-hybridized carbons (Fsp3) is 0.111. The fourth-order valence-corrected chi connectivity index (χ4v) is 10.4.